The first-order valence-electron chi connectivity index (χ1n) is 8.86. The van der Waals surface area contributed by atoms with Crippen LogP contribution in [-0.4, -0.2) is 19.9 Å². The van der Waals surface area contributed by atoms with Crippen LogP contribution in [-0.2, 0) is 5.41 Å². The second-order valence-corrected chi connectivity index (χ2v) is 6.58. The fourth-order valence-electron chi connectivity index (χ4n) is 3.62. The van der Waals surface area contributed by atoms with E-state index in [9.17, 15) is 5.26 Å². The van der Waals surface area contributed by atoms with E-state index in [-0.39, 0.29) is 5.41 Å². The molecule has 0 aromatic carbocycles. The Morgan fingerprint density at radius 2 is 2.00 bits per heavy atom. The fourth-order valence-corrected chi connectivity index (χ4v) is 3.62. The molecule has 1 aliphatic heterocycles. The Morgan fingerprint density at radius 3 is 2.77 bits per heavy atom. The van der Waals surface area contributed by atoms with Crippen molar-refractivity contribution >= 4 is 11.5 Å². The molecule has 0 saturated carbocycles. The standard InChI is InChI=1S/C20H20N6/c1-3-20(4-2,8-9-21)19-25-16-13-7-11-22-12-15(13)24-18-14(17(16)26-19)6-5-10-23-18/h5-7,10-12H,3-4,8H2,1-2H3,(H,23,24)(H,25,26). The molecule has 6 nitrogen and oxygen atoms in total. The van der Waals surface area contributed by atoms with E-state index in [0.29, 0.717) is 6.42 Å². The monoisotopic (exact) mass is 344 g/mol. The van der Waals surface area contributed by atoms with Gasteiger partial charge in [-0.15, -0.1) is 0 Å². The normalized spacial score (nSPS) is 12.2. The summed E-state index contributed by atoms with van der Waals surface area (Å²) in [5.74, 6) is 1.63. The number of H-pyrrole nitrogens is 1. The summed E-state index contributed by atoms with van der Waals surface area (Å²) in [5.41, 5.74) is 4.37. The summed E-state index contributed by atoms with van der Waals surface area (Å²) in [6.45, 7) is 4.23. The maximum Gasteiger partial charge on any atom is 0.139 e. The van der Waals surface area contributed by atoms with Gasteiger partial charge in [-0.2, -0.15) is 5.26 Å². The molecule has 0 atom stereocenters. The lowest BCUT2D eigenvalue weighted by atomic mass is 9.79. The first-order chi connectivity index (χ1) is 12.7. The number of rotatable bonds is 4. The van der Waals surface area contributed by atoms with E-state index in [1.54, 1.807) is 18.6 Å². The third-order valence-corrected chi connectivity index (χ3v) is 5.38. The van der Waals surface area contributed by atoms with Gasteiger partial charge in [0.15, 0.2) is 0 Å². The van der Waals surface area contributed by atoms with Crippen LogP contribution >= 0.6 is 0 Å². The SMILES string of the molecule is CCC(CC)(CC#N)c1nc2c([nH]1)-c1ccncc1Nc1ncccc1-2. The lowest BCUT2D eigenvalue weighted by Crippen LogP contribution is -2.25. The number of hydrogen-bond donors (Lipinski definition) is 2. The van der Waals surface area contributed by atoms with Crippen LogP contribution in [0.3, 0.4) is 0 Å². The third-order valence-electron chi connectivity index (χ3n) is 5.38. The predicted molar refractivity (Wildman–Crippen MR) is 101 cm³/mol. The second kappa shape index (κ2) is 6.26. The maximum absolute atomic E-state index is 9.37. The Bertz CT molecular complexity index is 931. The van der Waals surface area contributed by atoms with Crippen molar-refractivity contribution in [3.8, 4) is 28.6 Å². The molecule has 3 aromatic heterocycles. The van der Waals surface area contributed by atoms with Crippen molar-refractivity contribution in [3.05, 3.63) is 42.6 Å². The van der Waals surface area contributed by atoms with Crippen LogP contribution in [0.1, 0.15) is 38.9 Å². The maximum atomic E-state index is 9.37. The van der Waals surface area contributed by atoms with Crippen LogP contribution in [0.2, 0.25) is 0 Å². The molecule has 3 aromatic rings. The topological polar surface area (TPSA) is 90.3 Å². The van der Waals surface area contributed by atoms with Crippen LogP contribution in [0.15, 0.2) is 36.8 Å². The number of aromatic nitrogens is 4. The molecule has 4 rings (SSSR count). The van der Waals surface area contributed by atoms with Gasteiger partial charge in [0.25, 0.3) is 0 Å². The summed E-state index contributed by atoms with van der Waals surface area (Å²) in [6.07, 6.45) is 7.48. The van der Waals surface area contributed by atoms with E-state index in [1.807, 2.05) is 18.2 Å². The molecule has 0 aliphatic carbocycles. The van der Waals surface area contributed by atoms with Crippen LogP contribution < -0.4 is 5.32 Å². The molecule has 0 fully saturated rings. The molecule has 0 saturated heterocycles. The van der Waals surface area contributed by atoms with Crippen molar-refractivity contribution in [1.29, 1.82) is 5.26 Å². The first-order valence-corrected chi connectivity index (χ1v) is 8.86. The highest BCUT2D eigenvalue weighted by Gasteiger charge is 2.34. The smallest absolute Gasteiger partial charge is 0.139 e. The van der Waals surface area contributed by atoms with Gasteiger partial charge in [-0.25, -0.2) is 9.97 Å². The summed E-state index contributed by atoms with van der Waals surface area (Å²) >= 11 is 0. The number of anilines is 2. The minimum Gasteiger partial charge on any atom is -0.341 e. The molecule has 4 heterocycles. The summed E-state index contributed by atoms with van der Waals surface area (Å²) in [6, 6.07) is 8.24. The van der Waals surface area contributed by atoms with E-state index >= 15 is 0 Å². The van der Waals surface area contributed by atoms with Gasteiger partial charge < -0.3 is 10.3 Å². The van der Waals surface area contributed by atoms with Crippen molar-refractivity contribution in [2.45, 2.75) is 38.5 Å². The Hall–Kier alpha value is -3.20. The highest BCUT2D eigenvalue weighted by Crippen LogP contribution is 2.44. The van der Waals surface area contributed by atoms with E-state index in [0.717, 1.165) is 52.7 Å². The van der Waals surface area contributed by atoms with E-state index in [4.69, 9.17) is 4.98 Å². The molecule has 0 bridgehead atoms. The first kappa shape index (κ1) is 16.3. The van der Waals surface area contributed by atoms with Gasteiger partial charge >= 0.3 is 0 Å². The molecule has 0 radical (unpaired) electrons. The number of aromatic amines is 1. The quantitative estimate of drug-likeness (QED) is 0.566. The van der Waals surface area contributed by atoms with E-state index in [1.165, 1.54) is 0 Å². The van der Waals surface area contributed by atoms with E-state index in [2.05, 4.69) is 40.2 Å². The van der Waals surface area contributed by atoms with Gasteiger partial charge in [0.2, 0.25) is 0 Å². The molecule has 130 valence electrons. The highest BCUT2D eigenvalue weighted by atomic mass is 15.0. The van der Waals surface area contributed by atoms with Gasteiger partial charge in [0, 0.05) is 35.4 Å². The van der Waals surface area contributed by atoms with Crippen LogP contribution in [0.25, 0.3) is 22.5 Å². The molecule has 2 N–H and O–H groups in total. The fraction of sp³-hybridized carbons (Fsp3) is 0.300. The Balaban J connectivity index is 2.00. The van der Waals surface area contributed by atoms with Crippen molar-refractivity contribution in [2.24, 2.45) is 0 Å². The average Bonchev–Trinajstić information content (AvgIpc) is 3.07. The number of pyridine rings is 2. The van der Waals surface area contributed by atoms with Crippen molar-refractivity contribution in [3.63, 3.8) is 0 Å². The number of fused-ring (bicyclic) bond motifs is 5. The Kier molecular flexibility index (Phi) is 3.92. The average molecular weight is 344 g/mol. The van der Waals surface area contributed by atoms with Gasteiger partial charge in [-0.3, -0.25) is 4.98 Å². The predicted octanol–water partition coefficient (Wildman–Crippen LogP) is 4.56. The summed E-state index contributed by atoms with van der Waals surface area (Å²) in [5, 5.41) is 12.7. The number of nitriles is 1. The zero-order valence-electron chi connectivity index (χ0n) is 14.9. The largest absolute Gasteiger partial charge is 0.341 e. The van der Waals surface area contributed by atoms with Gasteiger partial charge in [-0.05, 0) is 31.0 Å². The number of imidazole rings is 1. The van der Waals surface area contributed by atoms with Gasteiger partial charge in [0.05, 0.1) is 23.6 Å². The van der Waals surface area contributed by atoms with Crippen molar-refractivity contribution in [1.82, 2.24) is 19.9 Å². The number of nitrogens with one attached hydrogen (secondary N) is 2. The zero-order valence-corrected chi connectivity index (χ0v) is 14.9. The molecule has 1 aliphatic rings. The second-order valence-electron chi connectivity index (χ2n) is 6.58. The highest BCUT2D eigenvalue weighted by molar-refractivity contribution is 5.94. The Morgan fingerprint density at radius 1 is 1.15 bits per heavy atom. The van der Waals surface area contributed by atoms with Crippen LogP contribution in [0.4, 0.5) is 11.5 Å². The third kappa shape index (κ3) is 2.36. The lowest BCUT2D eigenvalue weighted by molar-refractivity contribution is 0.383. The molecule has 0 spiro atoms. The minimum atomic E-state index is -0.274. The summed E-state index contributed by atoms with van der Waals surface area (Å²) < 4.78 is 0. The van der Waals surface area contributed by atoms with Crippen LogP contribution in [0.5, 0.6) is 0 Å². The van der Waals surface area contributed by atoms with E-state index < -0.39 is 0 Å². The zero-order chi connectivity index (χ0) is 18.1. The molecule has 0 amide bonds. The lowest BCUT2D eigenvalue weighted by Gasteiger charge is -2.26. The minimum absolute atomic E-state index is 0.274. The molecular weight excluding hydrogens is 324 g/mol. The van der Waals surface area contributed by atoms with Gasteiger partial charge in [0.1, 0.15) is 17.3 Å². The number of nitrogens with zero attached hydrogens (tertiary/aromatic N) is 4. The Labute approximate surface area is 152 Å². The molecule has 6 heteroatoms. The number of hydrogen-bond acceptors (Lipinski definition) is 5. The van der Waals surface area contributed by atoms with Crippen molar-refractivity contribution < 1.29 is 0 Å². The molecule has 26 heavy (non-hydrogen) atoms. The summed E-state index contributed by atoms with van der Waals surface area (Å²) in [4.78, 5) is 17.2. The van der Waals surface area contributed by atoms with Crippen LogP contribution in [0, 0.1) is 11.3 Å². The van der Waals surface area contributed by atoms with Crippen molar-refractivity contribution in [2.75, 3.05) is 5.32 Å². The molecular formula is C20H20N6. The summed E-state index contributed by atoms with van der Waals surface area (Å²) in [7, 11) is 0. The van der Waals surface area contributed by atoms with Gasteiger partial charge in [-0.1, -0.05) is 13.8 Å². The molecule has 0 unspecified atom stereocenters.